The van der Waals surface area contributed by atoms with Gasteiger partial charge in [-0.3, -0.25) is 4.79 Å². The van der Waals surface area contributed by atoms with Crippen LogP contribution in [-0.4, -0.2) is 35.2 Å². The summed E-state index contributed by atoms with van der Waals surface area (Å²) in [5.74, 6) is -0.368. The zero-order valence-corrected chi connectivity index (χ0v) is 10.7. The minimum Gasteiger partial charge on any atom is -0.479 e. The molecule has 5 nitrogen and oxygen atoms in total. The first-order valence-corrected chi connectivity index (χ1v) is 6.75. The lowest BCUT2D eigenvalue weighted by atomic mass is 9.87. The van der Waals surface area contributed by atoms with E-state index in [1.54, 1.807) is 0 Å². The number of amides is 1. The predicted molar refractivity (Wildman–Crippen MR) is 65.1 cm³/mol. The molecule has 1 heterocycles. The summed E-state index contributed by atoms with van der Waals surface area (Å²) >= 11 is 0. The van der Waals surface area contributed by atoms with Crippen LogP contribution in [0.5, 0.6) is 0 Å². The highest BCUT2D eigenvalue weighted by molar-refractivity contribution is 5.82. The van der Waals surface area contributed by atoms with Gasteiger partial charge in [-0.15, -0.1) is 0 Å². The lowest BCUT2D eigenvalue weighted by Crippen LogP contribution is -2.43. The Morgan fingerprint density at radius 2 is 1.67 bits per heavy atom. The molecule has 0 radical (unpaired) electrons. The first-order valence-electron chi connectivity index (χ1n) is 6.75. The van der Waals surface area contributed by atoms with E-state index in [4.69, 9.17) is 9.84 Å². The van der Waals surface area contributed by atoms with Crippen molar-refractivity contribution < 1.29 is 19.4 Å². The molecule has 0 aromatic carbocycles. The van der Waals surface area contributed by atoms with Gasteiger partial charge in [-0.1, -0.05) is 6.92 Å². The highest BCUT2D eigenvalue weighted by Crippen LogP contribution is 2.25. The number of aliphatic carboxylic acids is 1. The molecule has 2 rings (SSSR count). The molecule has 0 aromatic rings. The van der Waals surface area contributed by atoms with Gasteiger partial charge in [0.1, 0.15) is 6.10 Å². The smallest absolute Gasteiger partial charge is 0.332 e. The molecule has 1 aliphatic carbocycles. The molecule has 2 fully saturated rings. The van der Waals surface area contributed by atoms with Crippen molar-refractivity contribution in [1.82, 2.24) is 5.32 Å². The summed E-state index contributed by atoms with van der Waals surface area (Å²) in [6.45, 7) is 2.23. The molecule has 1 amide bonds. The Balaban J connectivity index is 1.77. The Morgan fingerprint density at radius 1 is 1.06 bits per heavy atom. The van der Waals surface area contributed by atoms with Crippen molar-refractivity contribution in [1.29, 1.82) is 0 Å². The van der Waals surface area contributed by atoms with Crippen LogP contribution in [-0.2, 0) is 14.3 Å². The van der Waals surface area contributed by atoms with E-state index in [9.17, 15) is 9.59 Å². The Kier molecular flexibility index (Phi) is 4.22. The first-order chi connectivity index (χ1) is 8.56. The second kappa shape index (κ2) is 5.69. The second-order valence-electron chi connectivity index (χ2n) is 5.49. The number of carboxylic acid groups (broad SMARTS) is 1. The maximum atomic E-state index is 11.9. The van der Waals surface area contributed by atoms with Gasteiger partial charge in [0.2, 0.25) is 5.91 Å². The van der Waals surface area contributed by atoms with Crippen molar-refractivity contribution in [2.45, 2.75) is 63.7 Å². The Hall–Kier alpha value is -1.10. The lowest BCUT2D eigenvalue weighted by Gasteiger charge is -2.27. The molecule has 1 saturated heterocycles. The molecule has 0 unspecified atom stereocenters. The van der Waals surface area contributed by atoms with E-state index in [2.05, 4.69) is 12.2 Å². The molecule has 1 aliphatic heterocycles. The van der Waals surface area contributed by atoms with Crippen LogP contribution in [0.2, 0.25) is 0 Å². The van der Waals surface area contributed by atoms with Crippen molar-refractivity contribution in [3.8, 4) is 0 Å². The van der Waals surface area contributed by atoms with Gasteiger partial charge in [-0.2, -0.15) is 0 Å². The number of carboxylic acids is 1. The third-order valence-corrected chi connectivity index (χ3v) is 3.95. The minimum atomic E-state index is -0.975. The van der Waals surface area contributed by atoms with E-state index in [-0.39, 0.29) is 11.9 Å². The van der Waals surface area contributed by atoms with Gasteiger partial charge in [-0.25, -0.2) is 4.79 Å². The van der Waals surface area contributed by atoms with Gasteiger partial charge >= 0.3 is 5.97 Å². The fourth-order valence-corrected chi connectivity index (χ4v) is 2.71. The van der Waals surface area contributed by atoms with Crippen molar-refractivity contribution in [2.75, 3.05) is 0 Å². The van der Waals surface area contributed by atoms with Gasteiger partial charge in [0.15, 0.2) is 6.10 Å². The summed E-state index contributed by atoms with van der Waals surface area (Å²) in [4.78, 5) is 22.7. The van der Waals surface area contributed by atoms with Crippen LogP contribution in [0.4, 0.5) is 0 Å². The number of hydrogen-bond donors (Lipinski definition) is 2. The molecule has 0 bridgehead atoms. The number of hydrogen-bond acceptors (Lipinski definition) is 3. The molecular formula is C13H21NO4. The average Bonchev–Trinajstić information content (AvgIpc) is 2.81. The number of carbonyl (C=O) groups excluding carboxylic acids is 1. The molecular weight excluding hydrogens is 234 g/mol. The van der Waals surface area contributed by atoms with E-state index in [1.807, 2.05) is 0 Å². The Bertz CT molecular complexity index is 323. The van der Waals surface area contributed by atoms with E-state index in [0.717, 1.165) is 31.6 Å². The molecule has 5 heteroatoms. The second-order valence-corrected chi connectivity index (χ2v) is 5.49. The summed E-state index contributed by atoms with van der Waals surface area (Å²) in [6, 6.07) is 0.237. The maximum Gasteiger partial charge on any atom is 0.332 e. The van der Waals surface area contributed by atoms with Crippen LogP contribution in [0.3, 0.4) is 0 Å². The van der Waals surface area contributed by atoms with Gasteiger partial charge in [0.25, 0.3) is 0 Å². The van der Waals surface area contributed by atoms with E-state index < -0.39 is 18.2 Å². The predicted octanol–water partition coefficient (Wildman–Crippen LogP) is 1.31. The number of nitrogens with one attached hydrogen (secondary N) is 1. The standard InChI is InChI=1S/C13H21NO4/c1-8-2-4-9(5-3-8)14-12(15)10-6-7-11(18-10)13(16)17/h8-11H,2-7H2,1H3,(H,14,15)(H,16,17)/t8?,9?,10-,11+/m0/s1. The Morgan fingerprint density at radius 3 is 2.22 bits per heavy atom. The third kappa shape index (κ3) is 3.22. The van der Waals surface area contributed by atoms with Gasteiger partial charge in [0, 0.05) is 6.04 Å². The number of carbonyl (C=O) groups is 2. The quantitative estimate of drug-likeness (QED) is 0.797. The molecule has 0 spiro atoms. The van der Waals surface area contributed by atoms with Gasteiger partial charge in [-0.05, 0) is 44.4 Å². The lowest BCUT2D eigenvalue weighted by molar-refractivity contribution is -0.152. The van der Waals surface area contributed by atoms with Crippen molar-refractivity contribution >= 4 is 11.9 Å². The van der Waals surface area contributed by atoms with E-state index in [1.165, 1.54) is 0 Å². The fourth-order valence-electron chi connectivity index (χ4n) is 2.71. The monoisotopic (exact) mass is 255 g/mol. The van der Waals surface area contributed by atoms with Crippen LogP contribution in [0.25, 0.3) is 0 Å². The van der Waals surface area contributed by atoms with Gasteiger partial charge in [0.05, 0.1) is 0 Å². The number of ether oxygens (including phenoxy) is 1. The SMILES string of the molecule is CC1CCC(NC(=O)[C@@H]2CC[C@H](C(=O)O)O2)CC1. The summed E-state index contributed by atoms with van der Waals surface area (Å²) < 4.78 is 5.24. The highest BCUT2D eigenvalue weighted by atomic mass is 16.5. The topological polar surface area (TPSA) is 75.6 Å². The summed E-state index contributed by atoms with van der Waals surface area (Å²) in [5.41, 5.74) is 0. The van der Waals surface area contributed by atoms with Crippen molar-refractivity contribution in [2.24, 2.45) is 5.92 Å². The molecule has 2 aliphatic rings. The molecule has 102 valence electrons. The zero-order chi connectivity index (χ0) is 13.1. The largest absolute Gasteiger partial charge is 0.479 e. The third-order valence-electron chi connectivity index (χ3n) is 3.95. The summed E-state index contributed by atoms with van der Waals surface area (Å²) in [6.07, 6.45) is 3.87. The normalized spacial score (nSPS) is 36.3. The van der Waals surface area contributed by atoms with Gasteiger partial charge < -0.3 is 15.2 Å². The first kappa shape index (κ1) is 13.3. The van der Waals surface area contributed by atoms with Crippen LogP contribution < -0.4 is 5.32 Å². The van der Waals surface area contributed by atoms with Crippen LogP contribution in [0.15, 0.2) is 0 Å². The molecule has 1 saturated carbocycles. The zero-order valence-electron chi connectivity index (χ0n) is 10.7. The molecule has 2 atom stereocenters. The molecule has 2 N–H and O–H groups in total. The molecule has 18 heavy (non-hydrogen) atoms. The number of rotatable bonds is 3. The summed E-state index contributed by atoms with van der Waals surface area (Å²) in [5, 5.41) is 11.8. The van der Waals surface area contributed by atoms with E-state index >= 15 is 0 Å². The Labute approximate surface area is 107 Å². The van der Waals surface area contributed by atoms with Crippen LogP contribution >= 0.6 is 0 Å². The maximum absolute atomic E-state index is 11.9. The van der Waals surface area contributed by atoms with Crippen molar-refractivity contribution in [3.05, 3.63) is 0 Å². The summed E-state index contributed by atoms with van der Waals surface area (Å²) in [7, 11) is 0. The minimum absolute atomic E-state index is 0.140. The highest BCUT2D eigenvalue weighted by Gasteiger charge is 2.35. The fraction of sp³-hybridized carbons (Fsp3) is 0.846. The average molecular weight is 255 g/mol. The van der Waals surface area contributed by atoms with Crippen LogP contribution in [0.1, 0.15) is 45.4 Å². The van der Waals surface area contributed by atoms with Crippen LogP contribution in [0, 0.1) is 5.92 Å². The molecule has 0 aromatic heterocycles. The van der Waals surface area contributed by atoms with E-state index in [0.29, 0.717) is 12.8 Å². The van der Waals surface area contributed by atoms with Crippen molar-refractivity contribution in [3.63, 3.8) is 0 Å².